The van der Waals surface area contributed by atoms with Crippen LogP contribution in [0.25, 0.3) is 17.1 Å². The Morgan fingerprint density at radius 2 is 1.96 bits per heavy atom. The first-order valence-corrected chi connectivity index (χ1v) is 7.63. The van der Waals surface area contributed by atoms with E-state index in [0.29, 0.717) is 29.4 Å². The van der Waals surface area contributed by atoms with E-state index in [0.717, 1.165) is 5.56 Å². The summed E-state index contributed by atoms with van der Waals surface area (Å²) in [7, 11) is 0. The maximum Gasteiger partial charge on any atom is 0.271 e. The maximum atomic E-state index is 14.4. The van der Waals surface area contributed by atoms with Crippen LogP contribution in [-0.4, -0.2) is 34.7 Å². The molecule has 0 unspecified atom stereocenters. The van der Waals surface area contributed by atoms with Gasteiger partial charge in [0.05, 0.1) is 6.04 Å². The second kappa shape index (κ2) is 4.92. The van der Waals surface area contributed by atoms with Crippen molar-refractivity contribution in [1.82, 2.24) is 34.7 Å². The first-order valence-electron chi connectivity index (χ1n) is 7.63. The van der Waals surface area contributed by atoms with E-state index < -0.39 is 6.17 Å². The van der Waals surface area contributed by atoms with E-state index in [2.05, 4.69) is 25.4 Å². The predicted octanol–water partition coefficient (Wildman–Crippen LogP) is 2.41. The monoisotopic (exact) mass is 321 g/mol. The highest BCUT2D eigenvalue weighted by molar-refractivity contribution is 5.70. The van der Waals surface area contributed by atoms with E-state index in [-0.39, 0.29) is 6.04 Å². The Hall–Kier alpha value is -3.16. The van der Waals surface area contributed by atoms with Gasteiger partial charge >= 0.3 is 0 Å². The molecule has 0 saturated heterocycles. The number of rotatable bonds is 2. The Kier molecular flexibility index (Phi) is 2.72. The molecule has 1 aromatic carbocycles. The first kappa shape index (κ1) is 13.3. The lowest BCUT2D eigenvalue weighted by Gasteiger charge is -2.11. The molecule has 0 bridgehead atoms. The van der Waals surface area contributed by atoms with Crippen molar-refractivity contribution in [3.8, 4) is 5.95 Å². The highest BCUT2D eigenvalue weighted by Gasteiger charge is 2.35. The fraction of sp³-hybridized carbons (Fsp3) is 0.188. The fourth-order valence-electron chi connectivity index (χ4n) is 3.12. The topological polar surface area (TPSA) is 74.3 Å². The third kappa shape index (κ3) is 1.86. The molecule has 0 amide bonds. The third-order valence-electron chi connectivity index (χ3n) is 4.25. The van der Waals surface area contributed by atoms with Crippen LogP contribution in [-0.2, 0) is 0 Å². The largest absolute Gasteiger partial charge is 0.271 e. The lowest BCUT2D eigenvalue weighted by atomic mass is 10.0. The Bertz CT molecular complexity index is 1020. The average molecular weight is 321 g/mol. The summed E-state index contributed by atoms with van der Waals surface area (Å²) >= 11 is 0. The normalized spacial score (nSPS) is 19.7. The number of nitrogens with zero attached hydrogens (tertiary/aromatic N) is 7. The van der Waals surface area contributed by atoms with Gasteiger partial charge in [-0.3, -0.25) is 0 Å². The van der Waals surface area contributed by atoms with Crippen molar-refractivity contribution in [3.63, 3.8) is 0 Å². The summed E-state index contributed by atoms with van der Waals surface area (Å²) in [6, 6.07) is 13.2. The van der Waals surface area contributed by atoms with Gasteiger partial charge in [0, 0.05) is 12.6 Å². The molecule has 2 atom stereocenters. The molecule has 3 aromatic heterocycles. The summed E-state index contributed by atoms with van der Waals surface area (Å²) in [5.74, 6) is 0.634. The van der Waals surface area contributed by atoms with E-state index in [1.54, 1.807) is 16.9 Å². The number of hydrogen-bond acceptors (Lipinski definition) is 5. The number of aromatic nitrogens is 7. The number of halogens is 1. The minimum absolute atomic E-state index is 0.162. The summed E-state index contributed by atoms with van der Waals surface area (Å²) < 4.78 is 17.6. The zero-order chi connectivity index (χ0) is 16.1. The Morgan fingerprint density at radius 3 is 2.83 bits per heavy atom. The molecule has 4 aromatic rings. The predicted molar refractivity (Wildman–Crippen MR) is 83.3 cm³/mol. The van der Waals surface area contributed by atoms with Crippen LogP contribution in [0.3, 0.4) is 0 Å². The molecule has 8 heteroatoms. The van der Waals surface area contributed by atoms with E-state index in [1.807, 2.05) is 36.4 Å². The Balaban J connectivity index is 1.63. The average Bonchev–Trinajstić information content (AvgIpc) is 3.30. The van der Waals surface area contributed by atoms with Crippen LogP contribution in [0, 0.1) is 0 Å². The molecule has 118 valence electrons. The summed E-state index contributed by atoms with van der Waals surface area (Å²) in [5.41, 5.74) is 2.21. The molecule has 1 aliphatic rings. The molecule has 0 aliphatic carbocycles. The van der Waals surface area contributed by atoms with Gasteiger partial charge in [-0.15, -0.1) is 10.2 Å². The van der Waals surface area contributed by atoms with Crippen molar-refractivity contribution >= 4 is 11.2 Å². The second-order valence-corrected chi connectivity index (χ2v) is 5.69. The highest BCUT2D eigenvalue weighted by atomic mass is 19.1. The molecule has 0 N–H and O–H groups in total. The summed E-state index contributed by atoms with van der Waals surface area (Å²) in [4.78, 5) is 8.49. The summed E-state index contributed by atoms with van der Waals surface area (Å²) in [6.07, 6.45) is 0.842. The van der Waals surface area contributed by atoms with Crippen LogP contribution in [0.5, 0.6) is 0 Å². The van der Waals surface area contributed by atoms with Gasteiger partial charge in [-0.25, -0.2) is 14.1 Å². The molecule has 1 aliphatic heterocycles. The number of pyridine rings is 1. The van der Waals surface area contributed by atoms with Crippen LogP contribution in [0.15, 0.2) is 48.7 Å². The van der Waals surface area contributed by atoms with Gasteiger partial charge in [-0.1, -0.05) is 35.5 Å². The van der Waals surface area contributed by atoms with Crippen molar-refractivity contribution in [2.75, 3.05) is 0 Å². The molecule has 0 spiro atoms. The van der Waals surface area contributed by atoms with Gasteiger partial charge in [0.1, 0.15) is 5.52 Å². The number of benzene rings is 1. The van der Waals surface area contributed by atoms with E-state index in [9.17, 15) is 4.39 Å². The lowest BCUT2D eigenvalue weighted by molar-refractivity contribution is 0.328. The van der Waals surface area contributed by atoms with E-state index in [4.69, 9.17) is 0 Å². The second-order valence-electron chi connectivity index (χ2n) is 5.69. The van der Waals surface area contributed by atoms with Crippen molar-refractivity contribution in [2.24, 2.45) is 0 Å². The summed E-state index contributed by atoms with van der Waals surface area (Å²) in [6.45, 7) is 0. The zero-order valence-electron chi connectivity index (χ0n) is 12.5. The van der Waals surface area contributed by atoms with Crippen molar-refractivity contribution in [2.45, 2.75) is 18.6 Å². The smallest absolute Gasteiger partial charge is 0.239 e. The lowest BCUT2D eigenvalue weighted by Crippen LogP contribution is -2.08. The van der Waals surface area contributed by atoms with Gasteiger partial charge in [0.15, 0.2) is 12.0 Å². The number of hydrogen-bond donors (Lipinski definition) is 0. The van der Waals surface area contributed by atoms with Gasteiger partial charge in [0.2, 0.25) is 5.65 Å². The van der Waals surface area contributed by atoms with Crippen LogP contribution in [0.2, 0.25) is 0 Å². The Labute approximate surface area is 135 Å². The highest BCUT2D eigenvalue weighted by Crippen LogP contribution is 2.39. The fourth-order valence-corrected chi connectivity index (χ4v) is 3.12. The zero-order valence-corrected chi connectivity index (χ0v) is 12.5. The van der Waals surface area contributed by atoms with Gasteiger partial charge in [0.25, 0.3) is 5.95 Å². The molecular weight excluding hydrogens is 309 g/mol. The molecular formula is C16H12FN7. The van der Waals surface area contributed by atoms with E-state index in [1.165, 1.54) is 4.68 Å². The van der Waals surface area contributed by atoms with E-state index >= 15 is 0 Å². The molecule has 0 saturated carbocycles. The first-order chi connectivity index (χ1) is 11.8. The molecule has 4 heterocycles. The molecule has 5 rings (SSSR count). The van der Waals surface area contributed by atoms with Crippen LogP contribution < -0.4 is 0 Å². The quantitative estimate of drug-likeness (QED) is 0.567. The summed E-state index contributed by atoms with van der Waals surface area (Å²) in [5, 5.41) is 12.5. The van der Waals surface area contributed by atoms with Crippen molar-refractivity contribution < 1.29 is 4.39 Å². The van der Waals surface area contributed by atoms with Crippen LogP contribution in [0.4, 0.5) is 4.39 Å². The maximum absolute atomic E-state index is 14.4. The van der Waals surface area contributed by atoms with Crippen LogP contribution in [0.1, 0.15) is 30.0 Å². The molecule has 0 radical (unpaired) electrons. The minimum atomic E-state index is -1.15. The van der Waals surface area contributed by atoms with Gasteiger partial charge in [-0.2, -0.15) is 9.67 Å². The van der Waals surface area contributed by atoms with Crippen molar-refractivity contribution in [1.29, 1.82) is 0 Å². The number of fused-ring (bicyclic) bond motifs is 2. The molecule has 24 heavy (non-hydrogen) atoms. The molecule has 0 fully saturated rings. The Morgan fingerprint density at radius 1 is 1.08 bits per heavy atom. The van der Waals surface area contributed by atoms with Gasteiger partial charge < -0.3 is 0 Å². The molecule has 7 nitrogen and oxygen atoms in total. The third-order valence-corrected chi connectivity index (χ3v) is 4.25. The van der Waals surface area contributed by atoms with Crippen LogP contribution >= 0.6 is 0 Å². The van der Waals surface area contributed by atoms with Gasteiger partial charge in [-0.05, 0) is 17.7 Å². The van der Waals surface area contributed by atoms with Crippen molar-refractivity contribution in [3.05, 3.63) is 60.0 Å². The SMILES string of the molecule is F[C@H]1C[C@@H](c2ccccc2)n2nc(-n3nnc4ncccc43)nc21. The standard InChI is InChI=1S/C16H12FN7/c17-11-9-13(10-5-2-1-3-6-10)23-15(11)19-16(21-23)24-12-7-4-8-18-14(12)20-22-24/h1-8,11,13H,9H2/t11-,13-/m0/s1. The minimum Gasteiger partial charge on any atom is -0.239 e. The number of alkyl halides is 1.